The smallest absolute Gasteiger partial charge is 0.220 e. The van der Waals surface area contributed by atoms with Gasteiger partial charge < -0.3 is 11.6 Å². The zero-order chi connectivity index (χ0) is 9.59. The maximum Gasteiger partial charge on any atom is 0.220 e. The lowest BCUT2D eigenvalue weighted by Gasteiger charge is -1.98. The van der Waals surface area contributed by atoms with E-state index in [4.69, 9.17) is 23.2 Å². The Hall–Kier alpha value is -1.42. The minimum Gasteiger partial charge on any atom is -0.368 e. The number of nitrogens with zero attached hydrogens (tertiary/aromatic N) is 2. The van der Waals surface area contributed by atoms with E-state index < -0.39 is 0 Å². The summed E-state index contributed by atoms with van der Waals surface area (Å²) in [5.41, 5.74) is 8.00. The number of fused-ring (bicyclic) bond motifs is 1. The minimum absolute atomic E-state index is 0.292. The summed E-state index contributed by atoms with van der Waals surface area (Å²) in [7, 11) is 0. The third kappa shape index (κ3) is 1.02. The molecular formula is C8H9ClN4. The van der Waals surface area contributed by atoms with Gasteiger partial charge in [0.25, 0.3) is 0 Å². The molecule has 2 rings (SSSR count). The predicted molar refractivity (Wildman–Crippen MR) is 54.0 cm³/mol. The van der Waals surface area contributed by atoms with E-state index in [0.717, 1.165) is 16.6 Å². The van der Waals surface area contributed by atoms with Crippen LogP contribution in [-0.2, 0) is 0 Å². The first kappa shape index (κ1) is 8.19. The number of imidazole rings is 1. The molecule has 1 heterocycles. The molecule has 0 aliphatic heterocycles. The van der Waals surface area contributed by atoms with Crippen molar-refractivity contribution < 1.29 is 0 Å². The number of halogens is 1. The van der Waals surface area contributed by atoms with E-state index in [2.05, 4.69) is 4.98 Å². The SMILES string of the molecule is Cc1c(Cl)ccc2c1nc(N)n2N. The molecular weight excluding hydrogens is 188 g/mol. The van der Waals surface area contributed by atoms with Crippen molar-refractivity contribution in [2.45, 2.75) is 6.92 Å². The fourth-order valence-electron chi connectivity index (χ4n) is 1.29. The van der Waals surface area contributed by atoms with E-state index in [1.54, 1.807) is 12.1 Å². The van der Waals surface area contributed by atoms with E-state index >= 15 is 0 Å². The van der Waals surface area contributed by atoms with Gasteiger partial charge in [0.1, 0.15) is 0 Å². The van der Waals surface area contributed by atoms with E-state index in [1.807, 2.05) is 6.92 Å². The van der Waals surface area contributed by atoms with Crippen molar-refractivity contribution in [3.05, 3.63) is 22.7 Å². The second kappa shape index (κ2) is 2.53. The molecule has 0 atom stereocenters. The van der Waals surface area contributed by atoms with Crippen LogP contribution in [-0.4, -0.2) is 9.66 Å². The molecule has 0 radical (unpaired) electrons. The van der Waals surface area contributed by atoms with Gasteiger partial charge in [-0.1, -0.05) is 11.6 Å². The van der Waals surface area contributed by atoms with Gasteiger partial charge in [-0.3, -0.25) is 0 Å². The first-order valence-electron chi connectivity index (χ1n) is 3.79. The summed E-state index contributed by atoms with van der Waals surface area (Å²) < 4.78 is 1.35. The number of hydrogen-bond donors (Lipinski definition) is 2. The largest absolute Gasteiger partial charge is 0.368 e. The Labute approximate surface area is 80.1 Å². The van der Waals surface area contributed by atoms with Gasteiger partial charge in [-0.05, 0) is 24.6 Å². The fraction of sp³-hybridized carbons (Fsp3) is 0.125. The molecule has 1 aromatic carbocycles. The summed E-state index contributed by atoms with van der Waals surface area (Å²) in [5.74, 6) is 5.94. The second-order valence-electron chi connectivity index (χ2n) is 2.88. The van der Waals surface area contributed by atoms with Crippen LogP contribution in [0, 0.1) is 6.92 Å². The number of rotatable bonds is 0. The van der Waals surface area contributed by atoms with Crippen LogP contribution in [0.3, 0.4) is 0 Å². The third-order valence-corrected chi connectivity index (χ3v) is 2.49. The number of aryl methyl sites for hydroxylation is 1. The normalized spacial score (nSPS) is 10.9. The Morgan fingerprint density at radius 1 is 1.46 bits per heavy atom. The number of nitrogens with two attached hydrogens (primary N) is 2. The van der Waals surface area contributed by atoms with Gasteiger partial charge in [0.05, 0.1) is 11.0 Å². The van der Waals surface area contributed by atoms with E-state index in [9.17, 15) is 0 Å². The summed E-state index contributed by atoms with van der Waals surface area (Å²) in [6.07, 6.45) is 0. The Balaban J connectivity index is 2.94. The maximum absolute atomic E-state index is 5.92. The Morgan fingerprint density at radius 3 is 2.85 bits per heavy atom. The number of aromatic nitrogens is 2. The maximum atomic E-state index is 5.92. The molecule has 0 fully saturated rings. The molecule has 0 spiro atoms. The first-order valence-corrected chi connectivity index (χ1v) is 4.17. The highest BCUT2D eigenvalue weighted by Crippen LogP contribution is 2.24. The molecule has 0 amide bonds. The molecule has 2 aromatic rings. The molecule has 1 aromatic heterocycles. The Bertz CT molecular complexity index is 474. The second-order valence-corrected chi connectivity index (χ2v) is 3.29. The fourth-order valence-corrected chi connectivity index (χ4v) is 1.44. The zero-order valence-corrected chi connectivity index (χ0v) is 7.84. The van der Waals surface area contributed by atoms with Crippen molar-refractivity contribution in [3.8, 4) is 0 Å². The molecule has 0 saturated heterocycles. The lowest BCUT2D eigenvalue weighted by atomic mass is 10.2. The monoisotopic (exact) mass is 196 g/mol. The van der Waals surface area contributed by atoms with Crippen LogP contribution in [0.5, 0.6) is 0 Å². The van der Waals surface area contributed by atoms with E-state index in [0.29, 0.717) is 11.0 Å². The van der Waals surface area contributed by atoms with Gasteiger partial charge in [-0.2, -0.15) is 0 Å². The number of benzene rings is 1. The average Bonchev–Trinajstić information content (AvgIpc) is 2.38. The highest BCUT2D eigenvalue weighted by atomic mass is 35.5. The topological polar surface area (TPSA) is 69.9 Å². The summed E-state index contributed by atoms with van der Waals surface area (Å²) in [5, 5.41) is 0.672. The highest BCUT2D eigenvalue weighted by molar-refractivity contribution is 6.32. The van der Waals surface area contributed by atoms with Crippen molar-refractivity contribution in [2.24, 2.45) is 0 Å². The third-order valence-electron chi connectivity index (χ3n) is 2.08. The van der Waals surface area contributed by atoms with Crippen molar-refractivity contribution in [1.29, 1.82) is 0 Å². The van der Waals surface area contributed by atoms with Crippen molar-refractivity contribution >= 4 is 28.6 Å². The van der Waals surface area contributed by atoms with Crippen molar-refractivity contribution in [1.82, 2.24) is 9.66 Å². The predicted octanol–water partition coefficient (Wildman–Crippen LogP) is 1.29. The van der Waals surface area contributed by atoms with Gasteiger partial charge in [0, 0.05) is 5.02 Å². The van der Waals surface area contributed by atoms with Gasteiger partial charge in [0.2, 0.25) is 5.95 Å². The summed E-state index contributed by atoms with van der Waals surface area (Å²) in [6.45, 7) is 1.89. The number of nitrogen functional groups attached to an aromatic ring is 2. The first-order chi connectivity index (χ1) is 6.11. The molecule has 0 aliphatic rings. The van der Waals surface area contributed by atoms with Crippen molar-refractivity contribution in [2.75, 3.05) is 11.6 Å². The van der Waals surface area contributed by atoms with Gasteiger partial charge >= 0.3 is 0 Å². The van der Waals surface area contributed by atoms with Crippen LogP contribution in [0.2, 0.25) is 5.02 Å². The van der Waals surface area contributed by atoms with Crippen LogP contribution in [0.15, 0.2) is 12.1 Å². The van der Waals surface area contributed by atoms with E-state index in [1.165, 1.54) is 4.68 Å². The highest BCUT2D eigenvalue weighted by Gasteiger charge is 2.09. The molecule has 0 unspecified atom stereocenters. The number of anilines is 1. The van der Waals surface area contributed by atoms with Crippen LogP contribution in [0.25, 0.3) is 11.0 Å². The van der Waals surface area contributed by atoms with Crippen LogP contribution < -0.4 is 11.6 Å². The Kier molecular flexibility index (Phi) is 1.60. The summed E-state index contributed by atoms with van der Waals surface area (Å²) in [6, 6.07) is 3.58. The van der Waals surface area contributed by atoms with Gasteiger partial charge in [0.15, 0.2) is 0 Å². The average molecular weight is 197 g/mol. The van der Waals surface area contributed by atoms with Crippen molar-refractivity contribution in [3.63, 3.8) is 0 Å². The molecule has 13 heavy (non-hydrogen) atoms. The molecule has 4 N–H and O–H groups in total. The summed E-state index contributed by atoms with van der Waals surface area (Å²) >= 11 is 5.92. The molecule has 0 aliphatic carbocycles. The minimum atomic E-state index is 0.292. The molecule has 5 heteroatoms. The van der Waals surface area contributed by atoms with Crippen LogP contribution >= 0.6 is 11.6 Å². The number of hydrogen-bond acceptors (Lipinski definition) is 3. The van der Waals surface area contributed by atoms with Crippen LogP contribution in [0.1, 0.15) is 5.56 Å². The molecule has 4 nitrogen and oxygen atoms in total. The standard InChI is InChI=1S/C8H9ClN4/c1-4-5(9)2-3-6-7(4)12-8(10)13(6)11/h2-3H,11H2,1H3,(H2,10,12). The molecule has 68 valence electrons. The van der Waals surface area contributed by atoms with Gasteiger partial charge in [-0.15, -0.1) is 0 Å². The quantitative estimate of drug-likeness (QED) is 0.624. The van der Waals surface area contributed by atoms with E-state index in [-0.39, 0.29) is 0 Å². The van der Waals surface area contributed by atoms with Gasteiger partial charge in [-0.25, -0.2) is 9.66 Å². The molecule has 0 bridgehead atoms. The molecule has 0 saturated carbocycles. The zero-order valence-electron chi connectivity index (χ0n) is 7.08. The van der Waals surface area contributed by atoms with Crippen LogP contribution in [0.4, 0.5) is 5.95 Å². The Morgan fingerprint density at radius 2 is 2.15 bits per heavy atom. The summed E-state index contributed by atoms with van der Waals surface area (Å²) in [4.78, 5) is 4.10. The lowest BCUT2D eigenvalue weighted by molar-refractivity contribution is 1.06. The lowest BCUT2D eigenvalue weighted by Crippen LogP contribution is -2.11.